The van der Waals surface area contributed by atoms with Crippen LogP contribution in [0.15, 0.2) is 60.9 Å². The highest BCUT2D eigenvalue weighted by atomic mass is 16.5. The fourth-order valence-corrected chi connectivity index (χ4v) is 4.69. The van der Waals surface area contributed by atoms with Gasteiger partial charge >= 0.3 is 6.03 Å². The summed E-state index contributed by atoms with van der Waals surface area (Å²) in [6, 6.07) is 14.1. The minimum Gasteiger partial charge on any atom is -0.361 e. The number of hydrogen-bond acceptors (Lipinski definition) is 5. The number of unbranched alkanes of at least 4 members (excludes halogenated alkanes) is 2. The van der Waals surface area contributed by atoms with E-state index in [1.54, 1.807) is 17.9 Å². The summed E-state index contributed by atoms with van der Waals surface area (Å²) in [5, 5.41) is 12.7. The largest absolute Gasteiger partial charge is 0.361 e. The van der Waals surface area contributed by atoms with Crippen LogP contribution in [0.1, 0.15) is 36.8 Å². The van der Waals surface area contributed by atoms with E-state index in [2.05, 4.69) is 15.3 Å². The molecule has 1 aliphatic rings. The minimum atomic E-state index is -0.796. The molecule has 188 valence electrons. The summed E-state index contributed by atoms with van der Waals surface area (Å²) in [7, 11) is 0. The molecule has 0 unspecified atom stereocenters. The van der Waals surface area contributed by atoms with Crippen LogP contribution in [0.2, 0.25) is 0 Å². The molecule has 0 fully saturated rings. The zero-order chi connectivity index (χ0) is 25.9. The monoisotopic (exact) mass is 499 g/mol. The maximum Gasteiger partial charge on any atom is 0.331 e. The normalized spacial score (nSPS) is 13.7. The molecule has 10 nitrogen and oxygen atoms in total. The van der Waals surface area contributed by atoms with Gasteiger partial charge in [0.25, 0.3) is 11.8 Å². The Morgan fingerprint density at radius 3 is 1.86 bits per heavy atom. The number of H-pyrrole nitrogens is 2. The first-order chi connectivity index (χ1) is 18.0. The van der Waals surface area contributed by atoms with E-state index in [0.717, 1.165) is 21.8 Å². The molecule has 37 heavy (non-hydrogen) atoms. The molecule has 0 saturated carbocycles. The molecule has 3 heterocycles. The van der Waals surface area contributed by atoms with Crippen LogP contribution in [0, 0.1) is 0 Å². The lowest BCUT2D eigenvalue weighted by Gasteiger charge is -2.14. The summed E-state index contributed by atoms with van der Waals surface area (Å²) in [6.45, 7) is 0.224. The smallest absolute Gasteiger partial charge is 0.331 e. The summed E-state index contributed by atoms with van der Waals surface area (Å²) >= 11 is 0. The zero-order valence-corrected chi connectivity index (χ0v) is 19.8. The second kappa shape index (κ2) is 10.1. The highest BCUT2D eigenvalue weighted by Gasteiger charge is 2.44. The molecule has 1 aliphatic heterocycles. The molecule has 4 aromatic rings. The van der Waals surface area contributed by atoms with Gasteiger partial charge in [-0.25, -0.2) is 10.3 Å². The first-order valence-corrected chi connectivity index (χ1v) is 12.0. The van der Waals surface area contributed by atoms with E-state index in [1.807, 2.05) is 48.5 Å². The zero-order valence-electron chi connectivity index (χ0n) is 19.8. The summed E-state index contributed by atoms with van der Waals surface area (Å²) < 4.78 is 0. The number of carbonyl (C=O) groups excluding carboxylic acids is 4. The molecular weight excluding hydrogens is 474 g/mol. The first kappa shape index (κ1) is 24.0. The number of amides is 5. The Morgan fingerprint density at radius 2 is 1.32 bits per heavy atom. The Bertz CT molecular complexity index is 1470. The number of nitrogens with one attached hydrogen (secondary N) is 4. The van der Waals surface area contributed by atoms with Gasteiger partial charge in [0, 0.05) is 58.3 Å². The second-order valence-corrected chi connectivity index (χ2v) is 8.77. The van der Waals surface area contributed by atoms with Gasteiger partial charge in [0.15, 0.2) is 0 Å². The lowest BCUT2D eigenvalue weighted by molar-refractivity contribution is -0.132. The molecule has 5 rings (SSSR count). The molecule has 5 N–H and O–H groups in total. The van der Waals surface area contributed by atoms with Gasteiger partial charge in [-0.2, -0.15) is 4.90 Å². The lowest BCUT2D eigenvalue weighted by Crippen LogP contribution is -2.44. The van der Waals surface area contributed by atoms with Crippen molar-refractivity contribution in [3.8, 4) is 0 Å². The summed E-state index contributed by atoms with van der Waals surface area (Å²) in [6.07, 6.45) is 5.22. The average molecular weight is 500 g/mol. The standard InChI is InChI=1S/C27H25N5O5/c33-22(31-37)12-2-1-7-13-28-27(36)32-25(34)23(18-14-29-20-10-5-3-8-16(18)20)24(26(32)35)19-15-30-21-11-6-4-9-17(19)21/h3-6,8-11,14-15,29-30,37H,1-2,7,12-13H2,(H,28,36)(H,31,33). The summed E-state index contributed by atoms with van der Waals surface area (Å²) in [4.78, 5) is 58.4. The fourth-order valence-electron chi connectivity index (χ4n) is 4.69. The summed E-state index contributed by atoms with van der Waals surface area (Å²) in [5.74, 6) is -1.85. The Kier molecular flexibility index (Phi) is 6.57. The van der Waals surface area contributed by atoms with Crippen LogP contribution in [-0.2, 0) is 14.4 Å². The van der Waals surface area contributed by atoms with Crippen LogP contribution in [0.4, 0.5) is 4.79 Å². The van der Waals surface area contributed by atoms with Crippen LogP contribution in [-0.4, -0.2) is 50.4 Å². The van der Waals surface area contributed by atoms with Crippen molar-refractivity contribution in [2.45, 2.75) is 25.7 Å². The van der Waals surface area contributed by atoms with Gasteiger partial charge in [0.2, 0.25) is 5.91 Å². The van der Waals surface area contributed by atoms with Crippen molar-refractivity contribution < 1.29 is 24.4 Å². The van der Waals surface area contributed by atoms with Crippen molar-refractivity contribution in [1.82, 2.24) is 25.7 Å². The average Bonchev–Trinajstić information content (AvgIpc) is 3.59. The quantitative estimate of drug-likeness (QED) is 0.109. The van der Waals surface area contributed by atoms with Gasteiger partial charge in [-0.3, -0.25) is 19.6 Å². The molecule has 0 saturated heterocycles. The van der Waals surface area contributed by atoms with Crippen molar-refractivity contribution in [2.24, 2.45) is 0 Å². The van der Waals surface area contributed by atoms with E-state index in [0.29, 0.717) is 35.3 Å². The molecule has 0 aliphatic carbocycles. The van der Waals surface area contributed by atoms with Crippen molar-refractivity contribution in [3.05, 3.63) is 72.1 Å². The molecule has 0 bridgehead atoms. The van der Waals surface area contributed by atoms with Gasteiger partial charge in [-0.05, 0) is 25.0 Å². The van der Waals surface area contributed by atoms with Gasteiger partial charge < -0.3 is 15.3 Å². The van der Waals surface area contributed by atoms with Crippen molar-refractivity contribution >= 4 is 56.7 Å². The maximum absolute atomic E-state index is 13.7. The first-order valence-electron chi connectivity index (χ1n) is 12.0. The molecule has 5 amide bonds. The van der Waals surface area contributed by atoms with Gasteiger partial charge in [-0.1, -0.05) is 42.8 Å². The number of nitrogens with zero attached hydrogens (tertiary/aromatic N) is 1. The maximum atomic E-state index is 13.7. The van der Waals surface area contributed by atoms with Crippen LogP contribution >= 0.6 is 0 Å². The molecule has 0 radical (unpaired) electrons. The van der Waals surface area contributed by atoms with E-state index in [1.165, 1.54) is 0 Å². The SMILES string of the molecule is O=C(CCCCCNC(=O)N1C(=O)C(c2c[nH]c3ccccc23)=C(c2c[nH]c3ccccc23)C1=O)NO. The van der Waals surface area contributed by atoms with Gasteiger partial charge in [0.1, 0.15) is 0 Å². The van der Waals surface area contributed by atoms with E-state index in [4.69, 9.17) is 5.21 Å². The number of hydroxylamine groups is 1. The number of hydrogen-bond donors (Lipinski definition) is 5. The number of fused-ring (bicyclic) bond motifs is 2. The number of urea groups is 1. The second-order valence-electron chi connectivity index (χ2n) is 8.77. The lowest BCUT2D eigenvalue weighted by atomic mass is 9.95. The Hall–Kier alpha value is -4.70. The number of carbonyl (C=O) groups is 4. The van der Waals surface area contributed by atoms with Gasteiger partial charge in [0.05, 0.1) is 11.1 Å². The fraction of sp³-hybridized carbons (Fsp3) is 0.185. The third-order valence-corrected chi connectivity index (χ3v) is 6.49. The molecule has 0 atom stereocenters. The Morgan fingerprint density at radius 1 is 0.784 bits per heavy atom. The van der Waals surface area contributed by atoms with E-state index in [-0.39, 0.29) is 24.1 Å². The number of aromatic nitrogens is 2. The van der Waals surface area contributed by atoms with E-state index < -0.39 is 23.8 Å². The van der Waals surface area contributed by atoms with Crippen molar-refractivity contribution in [1.29, 1.82) is 0 Å². The van der Waals surface area contributed by atoms with Crippen LogP contribution < -0.4 is 10.8 Å². The minimum absolute atomic E-state index is 0.164. The van der Waals surface area contributed by atoms with Crippen molar-refractivity contribution in [2.75, 3.05) is 6.54 Å². The number of rotatable bonds is 8. The van der Waals surface area contributed by atoms with Crippen LogP contribution in [0.5, 0.6) is 0 Å². The summed E-state index contributed by atoms with van der Waals surface area (Å²) in [5.41, 5.74) is 4.61. The molecule has 2 aromatic heterocycles. The number of para-hydroxylation sites is 2. The highest BCUT2D eigenvalue weighted by Crippen LogP contribution is 2.40. The molecular formula is C27H25N5O5. The number of aromatic amines is 2. The number of benzene rings is 2. The van der Waals surface area contributed by atoms with E-state index in [9.17, 15) is 19.2 Å². The third kappa shape index (κ3) is 4.38. The predicted octanol–water partition coefficient (Wildman–Crippen LogP) is 3.70. The Labute approximate surface area is 211 Å². The van der Waals surface area contributed by atoms with Crippen molar-refractivity contribution in [3.63, 3.8) is 0 Å². The number of imide groups is 3. The highest BCUT2D eigenvalue weighted by molar-refractivity contribution is 6.53. The van der Waals surface area contributed by atoms with Crippen LogP contribution in [0.25, 0.3) is 33.0 Å². The predicted molar refractivity (Wildman–Crippen MR) is 137 cm³/mol. The van der Waals surface area contributed by atoms with Crippen LogP contribution in [0.3, 0.4) is 0 Å². The third-order valence-electron chi connectivity index (χ3n) is 6.49. The molecule has 0 spiro atoms. The van der Waals surface area contributed by atoms with Gasteiger partial charge in [-0.15, -0.1) is 0 Å². The van der Waals surface area contributed by atoms with E-state index >= 15 is 0 Å². The topological polar surface area (TPSA) is 147 Å². The molecule has 2 aromatic carbocycles. The molecule has 10 heteroatoms. The Balaban J connectivity index is 1.45.